The standard InChI is InChI=1S/C8H10F3N3/c1-5-2-3-12-7-4-6(8(9,10)11)13-14(5)7/h4-5,12H,2-3H2,1H3. The highest BCUT2D eigenvalue weighted by atomic mass is 19.4. The second kappa shape index (κ2) is 2.90. The molecule has 0 aliphatic carbocycles. The summed E-state index contributed by atoms with van der Waals surface area (Å²) in [7, 11) is 0. The van der Waals surface area contributed by atoms with Crippen LogP contribution >= 0.6 is 0 Å². The van der Waals surface area contributed by atoms with E-state index in [2.05, 4.69) is 10.4 Å². The van der Waals surface area contributed by atoms with E-state index in [4.69, 9.17) is 0 Å². The molecule has 3 nitrogen and oxygen atoms in total. The van der Waals surface area contributed by atoms with E-state index in [0.717, 1.165) is 12.5 Å². The van der Waals surface area contributed by atoms with Crippen LogP contribution in [0.3, 0.4) is 0 Å². The first-order valence-electron chi connectivity index (χ1n) is 4.39. The van der Waals surface area contributed by atoms with Crippen LogP contribution in [0.4, 0.5) is 19.0 Å². The number of aromatic nitrogens is 2. The van der Waals surface area contributed by atoms with Gasteiger partial charge in [0.15, 0.2) is 5.69 Å². The van der Waals surface area contributed by atoms with E-state index < -0.39 is 11.9 Å². The van der Waals surface area contributed by atoms with E-state index in [1.54, 1.807) is 0 Å². The average Bonchev–Trinajstić information content (AvgIpc) is 2.48. The van der Waals surface area contributed by atoms with Gasteiger partial charge in [-0.05, 0) is 13.3 Å². The largest absolute Gasteiger partial charge is 0.435 e. The van der Waals surface area contributed by atoms with Gasteiger partial charge in [0.25, 0.3) is 0 Å². The Hall–Kier alpha value is -1.20. The minimum Gasteiger partial charge on any atom is -0.370 e. The molecule has 2 heterocycles. The first-order valence-corrected chi connectivity index (χ1v) is 4.39. The zero-order chi connectivity index (χ0) is 10.3. The van der Waals surface area contributed by atoms with Gasteiger partial charge in [-0.15, -0.1) is 0 Å². The predicted octanol–water partition coefficient (Wildman–Crippen LogP) is 2.28. The highest BCUT2D eigenvalue weighted by Crippen LogP contribution is 2.32. The lowest BCUT2D eigenvalue weighted by Crippen LogP contribution is -2.21. The van der Waals surface area contributed by atoms with Crippen molar-refractivity contribution in [1.82, 2.24) is 9.78 Å². The third kappa shape index (κ3) is 1.44. The zero-order valence-corrected chi connectivity index (χ0v) is 7.60. The van der Waals surface area contributed by atoms with Crippen LogP contribution in [-0.4, -0.2) is 16.3 Å². The lowest BCUT2D eigenvalue weighted by Gasteiger charge is -2.21. The van der Waals surface area contributed by atoms with Gasteiger partial charge in [0.05, 0.1) is 6.04 Å². The maximum atomic E-state index is 12.3. The monoisotopic (exact) mass is 205 g/mol. The van der Waals surface area contributed by atoms with Gasteiger partial charge in [-0.2, -0.15) is 18.3 Å². The fourth-order valence-electron chi connectivity index (χ4n) is 1.53. The zero-order valence-electron chi connectivity index (χ0n) is 7.60. The van der Waals surface area contributed by atoms with Gasteiger partial charge in [0.2, 0.25) is 0 Å². The minimum absolute atomic E-state index is 0.0300. The lowest BCUT2D eigenvalue weighted by atomic mass is 10.2. The summed E-state index contributed by atoms with van der Waals surface area (Å²) in [5.41, 5.74) is -0.825. The van der Waals surface area contributed by atoms with Gasteiger partial charge >= 0.3 is 6.18 Å². The number of nitrogens with one attached hydrogen (secondary N) is 1. The van der Waals surface area contributed by atoms with Crippen LogP contribution in [0.15, 0.2) is 6.07 Å². The minimum atomic E-state index is -4.36. The Labute approximate surface area is 78.9 Å². The van der Waals surface area contributed by atoms with Crippen molar-refractivity contribution in [3.05, 3.63) is 11.8 Å². The number of anilines is 1. The molecule has 0 aromatic carbocycles. The number of fused-ring (bicyclic) bond motifs is 1. The summed E-state index contributed by atoms with van der Waals surface area (Å²) in [6, 6.07) is 1.08. The molecule has 0 spiro atoms. The smallest absolute Gasteiger partial charge is 0.370 e. The summed E-state index contributed by atoms with van der Waals surface area (Å²) in [4.78, 5) is 0. The molecule has 14 heavy (non-hydrogen) atoms. The average molecular weight is 205 g/mol. The Bertz CT molecular complexity index is 342. The number of hydrogen-bond acceptors (Lipinski definition) is 2. The van der Waals surface area contributed by atoms with Crippen molar-refractivity contribution in [3.63, 3.8) is 0 Å². The van der Waals surface area contributed by atoms with E-state index in [9.17, 15) is 13.2 Å². The van der Waals surface area contributed by atoms with Gasteiger partial charge in [-0.1, -0.05) is 0 Å². The molecule has 0 fully saturated rings. The number of nitrogens with zero attached hydrogens (tertiary/aromatic N) is 2. The highest BCUT2D eigenvalue weighted by molar-refractivity contribution is 5.39. The van der Waals surface area contributed by atoms with Crippen molar-refractivity contribution < 1.29 is 13.2 Å². The van der Waals surface area contributed by atoms with Crippen molar-refractivity contribution in [2.24, 2.45) is 0 Å². The molecule has 0 amide bonds. The summed E-state index contributed by atoms with van der Waals surface area (Å²) >= 11 is 0. The van der Waals surface area contributed by atoms with Crippen molar-refractivity contribution in [2.45, 2.75) is 25.6 Å². The summed E-state index contributed by atoms with van der Waals surface area (Å²) < 4.78 is 38.3. The molecule has 2 rings (SSSR count). The first kappa shape index (κ1) is 9.36. The molecule has 78 valence electrons. The number of rotatable bonds is 0. The summed E-state index contributed by atoms with van der Waals surface area (Å²) in [6.45, 7) is 2.56. The first-order chi connectivity index (χ1) is 6.48. The predicted molar refractivity (Wildman–Crippen MR) is 45.0 cm³/mol. The molecular weight excluding hydrogens is 195 g/mol. The van der Waals surface area contributed by atoms with Crippen molar-refractivity contribution in [1.29, 1.82) is 0 Å². The van der Waals surface area contributed by atoms with Crippen LogP contribution in [0.5, 0.6) is 0 Å². The van der Waals surface area contributed by atoms with Crippen molar-refractivity contribution in [3.8, 4) is 0 Å². The summed E-state index contributed by atoms with van der Waals surface area (Å²) in [5.74, 6) is 0.455. The molecule has 1 N–H and O–H groups in total. The van der Waals surface area contributed by atoms with Crippen molar-refractivity contribution in [2.75, 3.05) is 11.9 Å². The molecule has 1 unspecified atom stereocenters. The lowest BCUT2D eigenvalue weighted by molar-refractivity contribution is -0.141. The van der Waals surface area contributed by atoms with Crippen LogP contribution in [0, 0.1) is 0 Å². The molecular formula is C8H10F3N3. The Morgan fingerprint density at radius 2 is 2.29 bits per heavy atom. The van der Waals surface area contributed by atoms with Crippen molar-refractivity contribution >= 4 is 5.82 Å². The number of hydrogen-bond donors (Lipinski definition) is 1. The highest BCUT2D eigenvalue weighted by Gasteiger charge is 2.35. The molecule has 1 aromatic rings. The molecule has 1 aromatic heterocycles. The number of alkyl halides is 3. The normalized spacial score (nSPS) is 21.6. The van der Waals surface area contributed by atoms with Gasteiger partial charge in [0.1, 0.15) is 5.82 Å². The van der Waals surface area contributed by atoms with E-state index in [-0.39, 0.29) is 6.04 Å². The Balaban J connectivity index is 2.40. The van der Waals surface area contributed by atoms with Crippen LogP contribution in [0.1, 0.15) is 25.1 Å². The Morgan fingerprint density at radius 3 is 2.86 bits per heavy atom. The van der Waals surface area contributed by atoms with E-state index in [1.807, 2.05) is 6.92 Å². The third-order valence-electron chi connectivity index (χ3n) is 2.31. The SMILES string of the molecule is CC1CCNc2cc(C(F)(F)F)nn21. The second-order valence-corrected chi connectivity index (χ2v) is 3.42. The molecule has 0 radical (unpaired) electrons. The molecule has 1 aliphatic heterocycles. The third-order valence-corrected chi connectivity index (χ3v) is 2.31. The fraction of sp³-hybridized carbons (Fsp3) is 0.625. The summed E-state index contributed by atoms with van der Waals surface area (Å²) in [5, 5.41) is 6.42. The van der Waals surface area contributed by atoms with E-state index in [1.165, 1.54) is 4.68 Å². The second-order valence-electron chi connectivity index (χ2n) is 3.42. The molecule has 0 saturated heterocycles. The van der Waals surface area contributed by atoms with E-state index >= 15 is 0 Å². The Kier molecular flexibility index (Phi) is 1.94. The fourth-order valence-corrected chi connectivity index (χ4v) is 1.53. The molecule has 0 bridgehead atoms. The topological polar surface area (TPSA) is 29.9 Å². The molecule has 0 saturated carbocycles. The van der Waals surface area contributed by atoms with Gasteiger partial charge < -0.3 is 5.32 Å². The quantitative estimate of drug-likeness (QED) is 0.704. The van der Waals surface area contributed by atoms with E-state index in [0.29, 0.717) is 12.4 Å². The van der Waals surface area contributed by atoms with Crippen LogP contribution in [-0.2, 0) is 6.18 Å². The van der Waals surface area contributed by atoms with Gasteiger partial charge in [-0.25, -0.2) is 4.68 Å². The molecule has 1 atom stereocenters. The van der Waals surface area contributed by atoms with Crippen LogP contribution < -0.4 is 5.32 Å². The van der Waals surface area contributed by atoms with Crippen LogP contribution in [0.25, 0.3) is 0 Å². The maximum Gasteiger partial charge on any atom is 0.435 e. The maximum absolute atomic E-state index is 12.3. The number of halogens is 3. The van der Waals surface area contributed by atoms with Gasteiger partial charge in [0, 0.05) is 12.6 Å². The molecule has 1 aliphatic rings. The Morgan fingerprint density at radius 1 is 1.57 bits per heavy atom. The molecule has 6 heteroatoms. The van der Waals surface area contributed by atoms with Gasteiger partial charge in [-0.3, -0.25) is 0 Å². The van der Waals surface area contributed by atoms with Crippen LogP contribution in [0.2, 0.25) is 0 Å². The summed E-state index contributed by atoms with van der Waals surface area (Å²) in [6.07, 6.45) is -3.56.